The third-order valence-corrected chi connectivity index (χ3v) is 6.65. The lowest BCUT2D eigenvalue weighted by atomic mass is 10.0. The van der Waals surface area contributed by atoms with Crippen molar-refractivity contribution in [2.24, 2.45) is 0 Å². The summed E-state index contributed by atoms with van der Waals surface area (Å²) in [6, 6.07) is 13.1. The van der Waals surface area contributed by atoms with Crippen LogP contribution in [0.15, 0.2) is 59.5 Å². The van der Waals surface area contributed by atoms with Crippen LogP contribution in [0.1, 0.15) is 5.56 Å². The number of H-pyrrole nitrogens is 1. The molecule has 1 aliphatic rings. The Morgan fingerprint density at radius 2 is 1.71 bits per heavy atom. The second-order valence-electron chi connectivity index (χ2n) is 8.92. The molecule has 3 aromatic heterocycles. The van der Waals surface area contributed by atoms with Crippen LogP contribution in [-0.2, 0) is 6.18 Å². The average molecular weight is 522 g/mol. The highest BCUT2D eigenvalue weighted by molar-refractivity contribution is 5.85. The Labute approximate surface area is 213 Å². The summed E-state index contributed by atoms with van der Waals surface area (Å²) in [4.78, 5) is 21.5. The molecule has 0 saturated carbocycles. The molecule has 6 rings (SSSR count). The van der Waals surface area contributed by atoms with Gasteiger partial charge in [-0.2, -0.15) is 13.2 Å². The van der Waals surface area contributed by atoms with E-state index in [0.717, 1.165) is 17.2 Å². The number of benzene rings is 2. The number of ether oxygens (including phenoxy) is 1. The summed E-state index contributed by atoms with van der Waals surface area (Å²) in [6.45, 7) is 2.15. The number of piperazine rings is 1. The molecule has 0 spiro atoms. The molecule has 2 N–H and O–H groups in total. The van der Waals surface area contributed by atoms with E-state index in [1.165, 1.54) is 17.6 Å². The van der Waals surface area contributed by atoms with Crippen molar-refractivity contribution < 1.29 is 17.9 Å². The third-order valence-electron chi connectivity index (χ3n) is 6.65. The quantitative estimate of drug-likeness (QED) is 0.372. The maximum atomic E-state index is 14.2. The van der Waals surface area contributed by atoms with Gasteiger partial charge in [-0.15, -0.1) is 10.2 Å². The van der Waals surface area contributed by atoms with Gasteiger partial charge in [0, 0.05) is 55.3 Å². The summed E-state index contributed by atoms with van der Waals surface area (Å²) in [7, 11) is 1.53. The normalized spacial score (nSPS) is 14.4. The summed E-state index contributed by atoms with van der Waals surface area (Å²) in [5.41, 5.74) is 1.65. The SMILES string of the molecule is COc1ccc(-c2ccc3[nH]c(=O)c4nnc(-c5ccc(N6CCNCC6)c(C(F)(F)F)c5)n4c3c2)cn1. The number of nitrogens with zero attached hydrogens (tertiary/aromatic N) is 5. The van der Waals surface area contributed by atoms with Gasteiger partial charge in [0.25, 0.3) is 5.56 Å². The zero-order valence-corrected chi connectivity index (χ0v) is 20.2. The lowest BCUT2D eigenvalue weighted by Crippen LogP contribution is -2.44. The van der Waals surface area contributed by atoms with Crippen LogP contribution >= 0.6 is 0 Å². The minimum absolute atomic E-state index is 0.0164. The van der Waals surface area contributed by atoms with Crippen LogP contribution in [0.2, 0.25) is 0 Å². The van der Waals surface area contributed by atoms with Crippen molar-refractivity contribution in [2.45, 2.75) is 6.18 Å². The molecular formula is C26H22F3N7O2. The highest BCUT2D eigenvalue weighted by Gasteiger charge is 2.36. The van der Waals surface area contributed by atoms with E-state index in [0.29, 0.717) is 43.1 Å². The van der Waals surface area contributed by atoms with Crippen molar-refractivity contribution in [3.8, 4) is 28.4 Å². The molecule has 1 fully saturated rings. The number of pyridine rings is 1. The predicted octanol–water partition coefficient (Wildman–Crippen LogP) is 3.74. The lowest BCUT2D eigenvalue weighted by Gasteiger charge is -2.31. The van der Waals surface area contributed by atoms with Gasteiger partial charge in [0.1, 0.15) is 0 Å². The van der Waals surface area contributed by atoms with Gasteiger partial charge in [0.15, 0.2) is 5.82 Å². The van der Waals surface area contributed by atoms with Crippen LogP contribution < -0.4 is 20.5 Å². The number of halogens is 3. The molecule has 1 aliphatic heterocycles. The number of aromatic amines is 1. The molecule has 194 valence electrons. The molecule has 4 heterocycles. The molecular weight excluding hydrogens is 499 g/mol. The summed E-state index contributed by atoms with van der Waals surface area (Å²) in [6.07, 6.45) is -2.93. The Morgan fingerprint density at radius 1 is 0.947 bits per heavy atom. The zero-order chi connectivity index (χ0) is 26.4. The summed E-state index contributed by atoms with van der Waals surface area (Å²) in [5, 5.41) is 11.3. The van der Waals surface area contributed by atoms with Crippen LogP contribution in [0.5, 0.6) is 5.88 Å². The predicted molar refractivity (Wildman–Crippen MR) is 136 cm³/mol. The average Bonchev–Trinajstić information content (AvgIpc) is 3.39. The smallest absolute Gasteiger partial charge is 0.418 e. The van der Waals surface area contributed by atoms with Crippen molar-refractivity contribution in [1.29, 1.82) is 0 Å². The molecule has 1 saturated heterocycles. The molecule has 38 heavy (non-hydrogen) atoms. The number of nitrogens with one attached hydrogen (secondary N) is 2. The molecule has 2 aromatic carbocycles. The van der Waals surface area contributed by atoms with Crippen LogP contribution in [0.25, 0.3) is 39.2 Å². The topological polar surface area (TPSA) is 100 Å². The van der Waals surface area contributed by atoms with Crippen LogP contribution in [-0.4, -0.2) is 57.9 Å². The fraction of sp³-hybridized carbons (Fsp3) is 0.231. The molecule has 0 unspecified atom stereocenters. The molecule has 12 heteroatoms. The van der Waals surface area contributed by atoms with Gasteiger partial charge in [0.2, 0.25) is 11.5 Å². The number of hydrogen-bond donors (Lipinski definition) is 2. The zero-order valence-electron chi connectivity index (χ0n) is 20.2. The molecule has 9 nitrogen and oxygen atoms in total. The number of alkyl halides is 3. The largest absolute Gasteiger partial charge is 0.481 e. The number of hydrogen-bond acceptors (Lipinski definition) is 7. The van der Waals surface area contributed by atoms with Crippen molar-refractivity contribution in [3.05, 3.63) is 70.6 Å². The first-order valence-corrected chi connectivity index (χ1v) is 11.9. The van der Waals surface area contributed by atoms with Gasteiger partial charge in [-0.1, -0.05) is 6.07 Å². The van der Waals surface area contributed by atoms with Gasteiger partial charge in [-0.25, -0.2) is 4.98 Å². The van der Waals surface area contributed by atoms with E-state index in [4.69, 9.17) is 4.74 Å². The maximum Gasteiger partial charge on any atom is 0.418 e. The van der Waals surface area contributed by atoms with Crippen LogP contribution in [0.3, 0.4) is 0 Å². The van der Waals surface area contributed by atoms with E-state index < -0.39 is 17.3 Å². The molecule has 0 atom stereocenters. The minimum Gasteiger partial charge on any atom is -0.481 e. The number of rotatable bonds is 4. The summed E-state index contributed by atoms with van der Waals surface area (Å²) < 4.78 is 49.2. The molecule has 0 bridgehead atoms. The molecule has 5 aromatic rings. The number of aromatic nitrogens is 5. The third kappa shape index (κ3) is 4.12. The summed E-state index contributed by atoms with van der Waals surface area (Å²) in [5.74, 6) is 0.602. The molecule has 0 amide bonds. The number of anilines is 1. The van der Waals surface area contributed by atoms with Gasteiger partial charge in [-0.05, 0) is 42.0 Å². The first-order chi connectivity index (χ1) is 18.3. The van der Waals surface area contributed by atoms with E-state index >= 15 is 0 Å². The molecule has 0 radical (unpaired) electrons. The van der Waals surface area contributed by atoms with E-state index in [-0.39, 0.29) is 22.7 Å². The van der Waals surface area contributed by atoms with E-state index in [1.54, 1.807) is 29.3 Å². The molecule has 0 aliphatic carbocycles. The fourth-order valence-electron chi connectivity index (χ4n) is 4.78. The Hall–Kier alpha value is -4.45. The van der Waals surface area contributed by atoms with Gasteiger partial charge in [-0.3, -0.25) is 9.20 Å². The second kappa shape index (κ2) is 9.14. The Bertz CT molecular complexity index is 1710. The maximum absolute atomic E-state index is 14.2. The summed E-state index contributed by atoms with van der Waals surface area (Å²) >= 11 is 0. The van der Waals surface area contributed by atoms with Crippen molar-refractivity contribution in [3.63, 3.8) is 0 Å². The first-order valence-electron chi connectivity index (χ1n) is 11.9. The lowest BCUT2D eigenvalue weighted by molar-refractivity contribution is -0.137. The Kier molecular flexibility index (Phi) is 5.75. The Morgan fingerprint density at radius 3 is 2.42 bits per heavy atom. The number of fused-ring (bicyclic) bond motifs is 3. The van der Waals surface area contributed by atoms with Crippen LogP contribution in [0.4, 0.5) is 18.9 Å². The minimum atomic E-state index is -4.58. The van der Waals surface area contributed by atoms with Gasteiger partial charge in [0.05, 0.1) is 23.7 Å². The van der Waals surface area contributed by atoms with Crippen LogP contribution in [0, 0.1) is 0 Å². The van der Waals surface area contributed by atoms with E-state index in [9.17, 15) is 18.0 Å². The highest BCUT2D eigenvalue weighted by Crippen LogP contribution is 2.39. The standard InChI is InChI=1S/C26H22F3N7O2/c1-38-22-7-4-17(14-31-22)15-2-5-19-21(13-15)36-23(33-34-24(36)25(37)32-19)16-3-6-20(18(12-16)26(27,28)29)35-10-8-30-9-11-35/h2-7,12-14,30H,8-11H2,1H3,(H,32,37). The second-order valence-corrected chi connectivity index (χ2v) is 8.92. The van der Waals surface area contributed by atoms with Crippen molar-refractivity contribution in [2.75, 3.05) is 38.2 Å². The van der Waals surface area contributed by atoms with Gasteiger partial charge >= 0.3 is 6.18 Å². The number of methoxy groups -OCH3 is 1. The van der Waals surface area contributed by atoms with Gasteiger partial charge < -0.3 is 19.9 Å². The van der Waals surface area contributed by atoms with Crippen molar-refractivity contribution >= 4 is 22.4 Å². The van der Waals surface area contributed by atoms with E-state index in [1.807, 2.05) is 18.2 Å². The van der Waals surface area contributed by atoms with Crippen molar-refractivity contribution in [1.82, 2.24) is 29.9 Å². The first kappa shape index (κ1) is 23.9. The van der Waals surface area contributed by atoms with E-state index in [2.05, 4.69) is 25.5 Å². The highest BCUT2D eigenvalue weighted by atomic mass is 19.4. The fourth-order valence-corrected chi connectivity index (χ4v) is 4.78. The Balaban J connectivity index is 1.54. The monoisotopic (exact) mass is 521 g/mol.